The van der Waals surface area contributed by atoms with Gasteiger partial charge in [0.1, 0.15) is 12.1 Å². The van der Waals surface area contributed by atoms with Crippen LogP contribution in [0.3, 0.4) is 0 Å². The molecule has 3 amide bonds. The molecule has 31 heavy (non-hydrogen) atoms. The zero-order valence-electron chi connectivity index (χ0n) is 18.7. The SMILES string of the molecule is CCCCN1CC2(CC(NC(=O)[C@]34CC[C@H]3N(OCc3ccccc3)C(=O)N4C)C2)C1. The first-order valence-electron chi connectivity index (χ1n) is 11.7. The number of nitrogens with one attached hydrogen (secondary N) is 1. The number of amides is 3. The van der Waals surface area contributed by atoms with E-state index in [1.165, 1.54) is 37.5 Å². The number of urea groups is 1. The highest BCUT2D eigenvalue weighted by atomic mass is 16.7. The van der Waals surface area contributed by atoms with Crippen molar-refractivity contribution in [3.05, 3.63) is 35.9 Å². The second kappa shape index (κ2) is 7.78. The van der Waals surface area contributed by atoms with Gasteiger partial charge in [0.15, 0.2) is 0 Å². The molecular formula is C24H34N4O3. The third kappa shape index (κ3) is 3.33. The van der Waals surface area contributed by atoms with Crippen molar-refractivity contribution in [2.75, 3.05) is 26.7 Å². The number of likely N-dealkylation sites (N-methyl/N-ethyl adjacent to an activating group) is 1. The fraction of sp³-hybridized carbons (Fsp3) is 0.667. The van der Waals surface area contributed by atoms with Gasteiger partial charge < -0.3 is 15.1 Å². The van der Waals surface area contributed by atoms with E-state index in [0.717, 1.165) is 24.8 Å². The molecule has 2 atom stereocenters. The number of likely N-dealkylation sites (tertiary alicyclic amines) is 1. The lowest BCUT2D eigenvalue weighted by atomic mass is 9.60. The van der Waals surface area contributed by atoms with Crippen LogP contribution in [0.25, 0.3) is 0 Å². The van der Waals surface area contributed by atoms with E-state index in [9.17, 15) is 9.59 Å². The van der Waals surface area contributed by atoms with E-state index in [0.29, 0.717) is 18.4 Å². The smallest absolute Gasteiger partial charge is 0.345 e. The molecule has 1 aromatic carbocycles. The molecule has 1 aromatic rings. The molecule has 0 aromatic heterocycles. The van der Waals surface area contributed by atoms with Crippen LogP contribution in [0.4, 0.5) is 4.79 Å². The standard InChI is InChI=1S/C24H34N4O3/c1-3-4-12-27-16-23(17-27)13-19(14-23)25-21(29)24-11-10-20(24)28(22(30)26(24)2)31-15-18-8-6-5-7-9-18/h5-9,19-20H,3-4,10-17H2,1-2H3,(H,25,29)/t20-,24+/m1/s1. The number of hydrogen-bond donors (Lipinski definition) is 1. The van der Waals surface area contributed by atoms with Crippen LogP contribution >= 0.6 is 0 Å². The van der Waals surface area contributed by atoms with Crippen molar-refractivity contribution in [2.45, 2.75) is 69.7 Å². The van der Waals surface area contributed by atoms with E-state index in [-0.39, 0.29) is 24.0 Å². The van der Waals surface area contributed by atoms with E-state index in [1.807, 2.05) is 30.3 Å². The molecule has 2 saturated carbocycles. The summed E-state index contributed by atoms with van der Waals surface area (Å²) in [6.45, 7) is 6.11. The van der Waals surface area contributed by atoms with Gasteiger partial charge in [-0.1, -0.05) is 43.7 Å². The monoisotopic (exact) mass is 426 g/mol. The Bertz CT molecular complexity index is 832. The Kier molecular flexibility index (Phi) is 5.21. The minimum Gasteiger partial charge on any atom is -0.351 e. The van der Waals surface area contributed by atoms with E-state index >= 15 is 0 Å². The van der Waals surface area contributed by atoms with Gasteiger partial charge in [-0.2, -0.15) is 5.06 Å². The summed E-state index contributed by atoms with van der Waals surface area (Å²) in [6.07, 6.45) is 6.12. The first-order valence-corrected chi connectivity index (χ1v) is 11.7. The number of rotatable bonds is 8. The van der Waals surface area contributed by atoms with E-state index in [4.69, 9.17) is 4.84 Å². The molecule has 5 rings (SSSR count). The van der Waals surface area contributed by atoms with Crippen molar-refractivity contribution in [3.8, 4) is 0 Å². The van der Waals surface area contributed by atoms with Gasteiger partial charge in [-0.15, -0.1) is 0 Å². The molecule has 1 N–H and O–H groups in total. The van der Waals surface area contributed by atoms with Crippen LogP contribution in [0.2, 0.25) is 0 Å². The number of nitrogens with zero attached hydrogens (tertiary/aromatic N) is 3. The van der Waals surface area contributed by atoms with Crippen molar-refractivity contribution >= 4 is 11.9 Å². The summed E-state index contributed by atoms with van der Waals surface area (Å²) in [5.74, 6) is -0.00702. The van der Waals surface area contributed by atoms with E-state index < -0.39 is 5.54 Å². The van der Waals surface area contributed by atoms with Crippen molar-refractivity contribution in [3.63, 3.8) is 0 Å². The van der Waals surface area contributed by atoms with Gasteiger partial charge in [0.05, 0.1) is 6.04 Å². The summed E-state index contributed by atoms with van der Waals surface area (Å²) in [6, 6.07) is 9.61. The second-order valence-electron chi connectivity index (χ2n) is 10.0. The molecule has 4 fully saturated rings. The second-order valence-corrected chi connectivity index (χ2v) is 10.0. The summed E-state index contributed by atoms with van der Waals surface area (Å²) in [4.78, 5) is 36.2. The Hall–Kier alpha value is -2.12. The molecule has 2 aliphatic carbocycles. The van der Waals surface area contributed by atoms with Crippen molar-refractivity contribution < 1.29 is 14.4 Å². The van der Waals surface area contributed by atoms with Crippen molar-refractivity contribution in [2.24, 2.45) is 5.41 Å². The predicted octanol–water partition coefficient (Wildman–Crippen LogP) is 2.77. The highest BCUT2D eigenvalue weighted by Crippen LogP contribution is 2.50. The molecule has 0 radical (unpaired) electrons. The van der Waals surface area contributed by atoms with Gasteiger partial charge in [-0.05, 0) is 49.6 Å². The summed E-state index contributed by atoms with van der Waals surface area (Å²) >= 11 is 0. The van der Waals surface area contributed by atoms with Gasteiger partial charge >= 0.3 is 6.03 Å². The maximum Gasteiger partial charge on any atom is 0.345 e. The van der Waals surface area contributed by atoms with Crippen LogP contribution in [-0.4, -0.2) is 71.1 Å². The Labute approximate surface area is 184 Å². The number of unbranched alkanes of at least 4 members (excludes halogenated alkanes) is 1. The summed E-state index contributed by atoms with van der Waals surface area (Å²) < 4.78 is 0. The molecule has 4 aliphatic rings. The maximum absolute atomic E-state index is 13.3. The normalized spacial score (nSPS) is 29.4. The number of carbonyl (C=O) groups excluding carboxylic acids is 2. The van der Waals surface area contributed by atoms with Crippen LogP contribution < -0.4 is 5.32 Å². The van der Waals surface area contributed by atoms with Gasteiger partial charge in [0.2, 0.25) is 5.91 Å². The Morgan fingerprint density at radius 1 is 1.23 bits per heavy atom. The highest BCUT2D eigenvalue weighted by Gasteiger charge is 2.67. The third-order valence-electron chi connectivity index (χ3n) is 7.95. The fourth-order valence-electron chi connectivity index (χ4n) is 6.08. The molecule has 168 valence electrons. The molecule has 1 spiro atoms. The molecule has 2 aliphatic heterocycles. The average Bonchev–Trinajstić information content (AvgIpc) is 2.83. The van der Waals surface area contributed by atoms with Crippen LogP contribution in [-0.2, 0) is 16.2 Å². The Morgan fingerprint density at radius 3 is 2.61 bits per heavy atom. The number of hydroxylamine groups is 2. The molecule has 7 nitrogen and oxygen atoms in total. The third-order valence-corrected chi connectivity index (χ3v) is 7.95. The van der Waals surface area contributed by atoms with E-state index in [2.05, 4.69) is 17.1 Å². The van der Waals surface area contributed by atoms with Crippen LogP contribution in [0, 0.1) is 5.41 Å². The molecule has 0 unspecified atom stereocenters. The minimum atomic E-state index is -0.788. The molecule has 7 heteroatoms. The van der Waals surface area contributed by atoms with Crippen molar-refractivity contribution in [1.29, 1.82) is 0 Å². The Balaban J connectivity index is 1.16. The average molecular weight is 427 g/mol. The number of hydrogen-bond acceptors (Lipinski definition) is 4. The van der Waals surface area contributed by atoms with Crippen molar-refractivity contribution in [1.82, 2.24) is 20.2 Å². The van der Waals surface area contributed by atoms with Gasteiger partial charge in [-0.25, -0.2) is 4.79 Å². The summed E-state index contributed by atoms with van der Waals surface area (Å²) in [5, 5.41) is 4.71. The van der Waals surface area contributed by atoms with Crippen LogP contribution in [0.15, 0.2) is 30.3 Å². The van der Waals surface area contributed by atoms with Crippen LogP contribution in [0.5, 0.6) is 0 Å². The maximum atomic E-state index is 13.3. The first-order chi connectivity index (χ1) is 15.0. The lowest BCUT2D eigenvalue weighted by Gasteiger charge is -2.60. The largest absolute Gasteiger partial charge is 0.351 e. The molecule has 0 bridgehead atoms. The van der Waals surface area contributed by atoms with E-state index in [1.54, 1.807) is 11.9 Å². The first kappa shape index (κ1) is 20.8. The molecular weight excluding hydrogens is 392 g/mol. The lowest BCUT2D eigenvalue weighted by Crippen LogP contribution is -2.71. The predicted molar refractivity (Wildman–Crippen MR) is 117 cm³/mol. The minimum absolute atomic E-state index is 0.00702. The lowest BCUT2D eigenvalue weighted by molar-refractivity contribution is -0.175. The Morgan fingerprint density at radius 2 is 1.97 bits per heavy atom. The number of carbonyl (C=O) groups is 2. The quantitative estimate of drug-likeness (QED) is 0.694. The summed E-state index contributed by atoms with van der Waals surface area (Å²) in [7, 11) is 1.74. The van der Waals surface area contributed by atoms with Gasteiger partial charge in [-0.3, -0.25) is 9.63 Å². The highest BCUT2D eigenvalue weighted by molar-refractivity contribution is 5.96. The topological polar surface area (TPSA) is 65.1 Å². The zero-order chi connectivity index (χ0) is 21.6. The van der Waals surface area contributed by atoms with Gasteiger partial charge in [0, 0.05) is 26.2 Å². The van der Waals surface area contributed by atoms with Crippen LogP contribution in [0.1, 0.15) is 51.0 Å². The molecule has 2 saturated heterocycles. The number of fused-ring (bicyclic) bond motifs is 1. The van der Waals surface area contributed by atoms with Gasteiger partial charge in [0.25, 0.3) is 0 Å². The summed E-state index contributed by atoms with van der Waals surface area (Å²) in [5.41, 5.74) is 0.640. The number of benzene rings is 1. The zero-order valence-corrected chi connectivity index (χ0v) is 18.7. The fourth-order valence-corrected chi connectivity index (χ4v) is 6.08. The molecule has 2 heterocycles.